The zero-order chi connectivity index (χ0) is 11.8. The van der Waals surface area contributed by atoms with Crippen LogP contribution in [0.2, 0.25) is 0 Å². The summed E-state index contributed by atoms with van der Waals surface area (Å²) in [5.74, 6) is -0.133. The number of nitrogens with two attached hydrogens (primary N) is 1. The SMILES string of the molecule is CCOC(=O)CCc1cccc(CCN)c1. The van der Waals surface area contributed by atoms with Crippen molar-refractivity contribution in [1.82, 2.24) is 0 Å². The van der Waals surface area contributed by atoms with Gasteiger partial charge in [-0.05, 0) is 37.4 Å². The molecular weight excluding hydrogens is 202 g/mol. The van der Waals surface area contributed by atoms with Crippen molar-refractivity contribution in [3.05, 3.63) is 35.4 Å². The van der Waals surface area contributed by atoms with Crippen LogP contribution in [0.1, 0.15) is 24.5 Å². The first kappa shape index (κ1) is 12.7. The molecule has 0 atom stereocenters. The second kappa shape index (κ2) is 7.01. The van der Waals surface area contributed by atoms with Crippen molar-refractivity contribution in [3.8, 4) is 0 Å². The molecule has 0 aliphatic heterocycles. The van der Waals surface area contributed by atoms with Gasteiger partial charge in [0.05, 0.1) is 6.61 Å². The van der Waals surface area contributed by atoms with E-state index < -0.39 is 0 Å². The van der Waals surface area contributed by atoms with Crippen LogP contribution >= 0.6 is 0 Å². The van der Waals surface area contributed by atoms with E-state index in [1.807, 2.05) is 19.1 Å². The Balaban J connectivity index is 2.47. The van der Waals surface area contributed by atoms with E-state index in [2.05, 4.69) is 12.1 Å². The zero-order valence-corrected chi connectivity index (χ0v) is 9.74. The standard InChI is InChI=1S/C13H19NO2/c1-2-16-13(15)7-6-11-4-3-5-12(10-11)8-9-14/h3-5,10H,2,6-9,14H2,1H3. The van der Waals surface area contributed by atoms with Gasteiger partial charge in [0.15, 0.2) is 0 Å². The van der Waals surface area contributed by atoms with Crippen molar-refractivity contribution in [2.24, 2.45) is 5.73 Å². The summed E-state index contributed by atoms with van der Waals surface area (Å²) in [6.45, 7) is 2.92. The van der Waals surface area contributed by atoms with E-state index in [9.17, 15) is 4.79 Å². The highest BCUT2D eigenvalue weighted by atomic mass is 16.5. The Kier molecular flexibility index (Phi) is 5.57. The van der Waals surface area contributed by atoms with Crippen LogP contribution in [0.15, 0.2) is 24.3 Å². The van der Waals surface area contributed by atoms with E-state index in [1.165, 1.54) is 11.1 Å². The molecule has 0 heterocycles. The molecule has 0 saturated carbocycles. The predicted octanol–water partition coefficient (Wildman–Crippen LogP) is 1.68. The summed E-state index contributed by atoms with van der Waals surface area (Å²) < 4.78 is 4.88. The Morgan fingerprint density at radius 2 is 2.00 bits per heavy atom. The average molecular weight is 221 g/mol. The highest BCUT2D eigenvalue weighted by Gasteiger charge is 2.02. The van der Waals surface area contributed by atoms with Crippen molar-refractivity contribution >= 4 is 5.97 Å². The number of benzene rings is 1. The molecule has 0 saturated heterocycles. The van der Waals surface area contributed by atoms with Crippen LogP contribution < -0.4 is 5.73 Å². The van der Waals surface area contributed by atoms with Crippen molar-refractivity contribution in [2.75, 3.05) is 13.2 Å². The quantitative estimate of drug-likeness (QED) is 0.744. The average Bonchev–Trinajstić information content (AvgIpc) is 2.28. The van der Waals surface area contributed by atoms with E-state index >= 15 is 0 Å². The Morgan fingerprint density at radius 3 is 2.62 bits per heavy atom. The topological polar surface area (TPSA) is 52.3 Å². The van der Waals surface area contributed by atoms with Crippen LogP contribution in [0, 0.1) is 0 Å². The molecule has 0 aromatic heterocycles. The summed E-state index contributed by atoms with van der Waals surface area (Å²) in [6.07, 6.45) is 2.06. The third-order valence-electron chi connectivity index (χ3n) is 2.35. The van der Waals surface area contributed by atoms with Gasteiger partial charge in [-0.2, -0.15) is 0 Å². The molecule has 1 rings (SSSR count). The summed E-state index contributed by atoms with van der Waals surface area (Å²) in [5.41, 5.74) is 7.89. The highest BCUT2D eigenvalue weighted by Crippen LogP contribution is 2.08. The van der Waals surface area contributed by atoms with Gasteiger partial charge in [-0.1, -0.05) is 24.3 Å². The molecular formula is C13H19NO2. The lowest BCUT2D eigenvalue weighted by Gasteiger charge is -2.04. The Morgan fingerprint density at radius 1 is 1.31 bits per heavy atom. The third kappa shape index (κ3) is 4.45. The van der Waals surface area contributed by atoms with E-state index in [1.54, 1.807) is 0 Å². The maximum absolute atomic E-state index is 11.2. The molecule has 1 aromatic rings. The molecule has 3 heteroatoms. The molecule has 2 N–H and O–H groups in total. The van der Waals surface area contributed by atoms with E-state index in [0.29, 0.717) is 19.6 Å². The highest BCUT2D eigenvalue weighted by molar-refractivity contribution is 5.69. The number of rotatable bonds is 6. The maximum atomic E-state index is 11.2. The number of hydrogen-bond donors (Lipinski definition) is 1. The fraction of sp³-hybridized carbons (Fsp3) is 0.462. The van der Waals surface area contributed by atoms with Gasteiger partial charge >= 0.3 is 5.97 Å². The lowest BCUT2D eigenvalue weighted by molar-refractivity contribution is -0.143. The Bertz CT molecular complexity index is 336. The maximum Gasteiger partial charge on any atom is 0.306 e. The van der Waals surface area contributed by atoms with Gasteiger partial charge < -0.3 is 10.5 Å². The van der Waals surface area contributed by atoms with Gasteiger partial charge in [-0.3, -0.25) is 4.79 Å². The first-order chi connectivity index (χ1) is 7.76. The minimum absolute atomic E-state index is 0.133. The van der Waals surface area contributed by atoms with Crippen LogP contribution in [0.3, 0.4) is 0 Å². The molecule has 0 spiro atoms. The number of aryl methyl sites for hydroxylation is 1. The molecule has 0 aliphatic rings. The van der Waals surface area contributed by atoms with Crippen LogP contribution in [-0.2, 0) is 22.4 Å². The van der Waals surface area contributed by atoms with Crippen LogP contribution in [-0.4, -0.2) is 19.1 Å². The number of ether oxygens (including phenoxy) is 1. The second-order valence-electron chi connectivity index (χ2n) is 3.66. The molecule has 0 amide bonds. The monoisotopic (exact) mass is 221 g/mol. The smallest absolute Gasteiger partial charge is 0.306 e. The van der Waals surface area contributed by atoms with Gasteiger partial charge in [-0.25, -0.2) is 0 Å². The molecule has 88 valence electrons. The van der Waals surface area contributed by atoms with E-state index in [-0.39, 0.29) is 5.97 Å². The number of carbonyl (C=O) groups is 1. The Hall–Kier alpha value is -1.35. The summed E-state index contributed by atoms with van der Waals surface area (Å²) in [5, 5.41) is 0. The van der Waals surface area contributed by atoms with E-state index in [4.69, 9.17) is 10.5 Å². The first-order valence-electron chi connectivity index (χ1n) is 5.69. The van der Waals surface area contributed by atoms with Gasteiger partial charge in [-0.15, -0.1) is 0 Å². The third-order valence-corrected chi connectivity index (χ3v) is 2.35. The van der Waals surface area contributed by atoms with Crippen molar-refractivity contribution in [2.45, 2.75) is 26.2 Å². The Labute approximate surface area is 96.6 Å². The predicted molar refractivity (Wildman–Crippen MR) is 64.2 cm³/mol. The number of hydrogen-bond acceptors (Lipinski definition) is 3. The number of carbonyl (C=O) groups excluding carboxylic acids is 1. The number of esters is 1. The van der Waals surface area contributed by atoms with Crippen LogP contribution in [0.25, 0.3) is 0 Å². The summed E-state index contributed by atoms with van der Waals surface area (Å²) >= 11 is 0. The largest absolute Gasteiger partial charge is 0.466 e. The summed E-state index contributed by atoms with van der Waals surface area (Å²) in [7, 11) is 0. The molecule has 0 bridgehead atoms. The first-order valence-corrected chi connectivity index (χ1v) is 5.69. The molecule has 1 aromatic carbocycles. The minimum atomic E-state index is -0.133. The molecule has 0 unspecified atom stereocenters. The van der Waals surface area contributed by atoms with Gasteiger partial charge in [0, 0.05) is 6.42 Å². The fourth-order valence-corrected chi connectivity index (χ4v) is 1.59. The molecule has 0 aliphatic carbocycles. The van der Waals surface area contributed by atoms with Crippen molar-refractivity contribution in [3.63, 3.8) is 0 Å². The minimum Gasteiger partial charge on any atom is -0.466 e. The van der Waals surface area contributed by atoms with Gasteiger partial charge in [0.25, 0.3) is 0 Å². The summed E-state index contributed by atoms with van der Waals surface area (Å²) in [6, 6.07) is 8.19. The second-order valence-corrected chi connectivity index (χ2v) is 3.66. The lowest BCUT2D eigenvalue weighted by atomic mass is 10.0. The zero-order valence-electron chi connectivity index (χ0n) is 9.74. The van der Waals surface area contributed by atoms with Crippen molar-refractivity contribution in [1.29, 1.82) is 0 Å². The summed E-state index contributed by atoms with van der Waals surface area (Å²) in [4.78, 5) is 11.2. The normalized spacial score (nSPS) is 10.1. The molecule has 0 radical (unpaired) electrons. The van der Waals surface area contributed by atoms with Crippen LogP contribution in [0.5, 0.6) is 0 Å². The molecule has 3 nitrogen and oxygen atoms in total. The molecule has 0 fully saturated rings. The fourth-order valence-electron chi connectivity index (χ4n) is 1.59. The van der Waals surface area contributed by atoms with Crippen molar-refractivity contribution < 1.29 is 9.53 Å². The van der Waals surface area contributed by atoms with Gasteiger partial charge in [0.1, 0.15) is 0 Å². The van der Waals surface area contributed by atoms with Crippen LogP contribution in [0.4, 0.5) is 0 Å². The lowest BCUT2D eigenvalue weighted by Crippen LogP contribution is -2.06. The van der Waals surface area contributed by atoms with Gasteiger partial charge in [0.2, 0.25) is 0 Å². The van der Waals surface area contributed by atoms with E-state index in [0.717, 1.165) is 12.8 Å². The molecule has 16 heavy (non-hydrogen) atoms.